The number of nitrogens with two attached hydrogens (primary N) is 2. The Morgan fingerprint density at radius 3 is 2.08 bits per heavy atom. The molecule has 2 saturated carbocycles. The molecule has 2 nitrogen and oxygen atoms in total. The summed E-state index contributed by atoms with van der Waals surface area (Å²) in [7, 11) is 0. The van der Waals surface area contributed by atoms with Crippen LogP contribution in [0.25, 0.3) is 0 Å². The first kappa shape index (κ1) is 9.05. The SMILES string of the molecule is NCC1(C#CC2(N)CC2)CCCC1. The molecule has 0 aromatic rings. The Morgan fingerprint density at radius 2 is 1.62 bits per heavy atom. The summed E-state index contributed by atoms with van der Waals surface area (Å²) in [5.74, 6) is 6.56. The first-order chi connectivity index (χ1) is 6.18. The van der Waals surface area contributed by atoms with Crippen LogP contribution >= 0.6 is 0 Å². The smallest absolute Gasteiger partial charge is 0.0778 e. The van der Waals surface area contributed by atoms with E-state index in [4.69, 9.17) is 11.5 Å². The summed E-state index contributed by atoms with van der Waals surface area (Å²) < 4.78 is 0. The lowest BCUT2D eigenvalue weighted by Gasteiger charge is -2.19. The molecule has 2 aliphatic rings. The fourth-order valence-corrected chi connectivity index (χ4v) is 1.95. The van der Waals surface area contributed by atoms with Gasteiger partial charge in [-0.1, -0.05) is 24.7 Å². The van der Waals surface area contributed by atoms with Gasteiger partial charge in [0.05, 0.1) is 5.54 Å². The Labute approximate surface area is 80.1 Å². The average Bonchev–Trinajstić information content (AvgIpc) is 2.70. The summed E-state index contributed by atoms with van der Waals surface area (Å²) in [6.07, 6.45) is 7.05. The Kier molecular flexibility index (Phi) is 2.09. The molecule has 0 spiro atoms. The summed E-state index contributed by atoms with van der Waals surface area (Å²) in [5.41, 5.74) is 11.7. The van der Waals surface area contributed by atoms with Gasteiger partial charge in [-0.25, -0.2) is 0 Å². The van der Waals surface area contributed by atoms with E-state index >= 15 is 0 Å². The molecular weight excluding hydrogens is 160 g/mol. The molecule has 4 N–H and O–H groups in total. The predicted molar refractivity (Wildman–Crippen MR) is 53.9 cm³/mol. The van der Waals surface area contributed by atoms with Gasteiger partial charge in [0.1, 0.15) is 0 Å². The van der Waals surface area contributed by atoms with Gasteiger partial charge in [-0.3, -0.25) is 0 Å². The lowest BCUT2D eigenvalue weighted by Crippen LogP contribution is -2.27. The zero-order chi connectivity index (χ0) is 9.36. The van der Waals surface area contributed by atoms with Crippen LogP contribution in [0.5, 0.6) is 0 Å². The first-order valence-corrected chi connectivity index (χ1v) is 5.21. The summed E-state index contributed by atoms with van der Waals surface area (Å²) in [5, 5.41) is 0. The third-order valence-corrected chi connectivity index (χ3v) is 3.32. The summed E-state index contributed by atoms with van der Waals surface area (Å²) in [6.45, 7) is 0.704. The van der Waals surface area contributed by atoms with Gasteiger partial charge in [-0.2, -0.15) is 0 Å². The van der Waals surface area contributed by atoms with E-state index in [-0.39, 0.29) is 11.0 Å². The van der Waals surface area contributed by atoms with E-state index in [0.717, 1.165) is 12.8 Å². The van der Waals surface area contributed by atoms with E-state index in [1.165, 1.54) is 25.7 Å². The molecule has 0 bridgehead atoms. The molecule has 0 atom stereocenters. The van der Waals surface area contributed by atoms with Crippen molar-refractivity contribution in [2.75, 3.05) is 6.54 Å². The third kappa shape index (κ3) is 1.87. The lowest BCUT2D eigenvalue weighted by molar-refractivity contribution is 0.429. The maximum atomic E-state index is 5.92. The minimum absolute atomic E-state index is 0.120. The molecule has 2 heteroatoms. The highest BCUT2D eigenvalue weighted by molar-refractivity contribution is 5.28. The minimum Gasteiger partial charge on any atom is -0.329 e. The Bertz CT molecular complexity index is 249. The van der Waals surface area contributed by atoms with Gasteiger partial charge in [0.25, 0.3) is 0 Å². The number of rotatable bonds is 1. The van der Waals surface area contributed by atoms with Crippen molar-refractivity contribution in [1.82, 2.24) is 0 Å². The highest BCUT2D eigenvalue weighted by Crippen LogP contribution is 2.38. The molecule has 0 aromatic carbocycles. The highest BCUT2D eigenvalue weighted by atomic mass is 14.8. The summed E-state index contributed by atoms with van der Waals surface area (Å²) in [4.78, 5) is 0. The van der Waals surface area contributed by atoms with Gasteiger partial charge in [0.15, 0.2) is 0 Å². The third-order valence-electron chi connectivity index (χ3n) is 3.32. The quantitative estimate of drug-likeness (QED) is 0.589. The van der Waals surface area contributed by atoms with Crippen molar-refractivity contribution >= 4 is 0 Å². The molecule has 13 heavy (non-hydrogen) atoms. The predicted octanol–water partition coefficient (Wildman–Crippen LogP) is 1.00. The number of hydrogen-bond acceptors (Lipinski definition) is 2. The second-order valence-electron chi connectivity index (χ2n) is 4.60. The molecule has 0 amide bonds. The molecule has 0 aromatic heterocycles. The molecular formula is C11H18N2. The molecule has 2 fully saturated rings. The monoisotopic (exact) mass is 178 g/mol. The molecule has 2 rings (SSSR count). The lowest BCUT2D eigenvalue weighted by atomic mass is 9.87. The van der Waals surface area contributed by atoms with Crippen LogP contribution in [-0.4, -0.2) is 12.1 Å². The second kappa shape index (κ2) is 3.01. The normalized spacial score (nSPS) is 27.8. The zero-order valence-corrected chi connectivity index (χ0v) is 8.10. The van der Waals surface area contributed by atoms with Crippen molar-refractivity contribution in [3.63, 3.8) is 0 Å². The van der Waals surface area contributed by atoms with Crippen LogP contribution in [0.3, 0.4) is 0 Å². The number of hydrogen-bond donors (Lipinski definition) is 2. The van der Waals surface area contributed by atoms with E-state index in [2.05, 4.69) is 11.8 Å². The summed E-state index contributed by atoms with van der Waals surface area (Å²) >= 11 is 0. The van der Waals surface area contributed by atoms with Crippen LogP contribution in [0.1, 0.15) is 38.5 Å². The highest BCUT2D eigenvalue weighted by Gasteiger charge is 2.38. The van der Waals surface area contributed by atoms with Crippen molar-refractivity contribution in [2.45, 2.75) is 44.1 Å². The van der Waals surface area contributed by atoms with E-state index in [0.29, 0.717) is 6.54 Å². The van der Waals surface area contributed by atoms with Crippen molar-refractivity contribution in [1.29, 1.82) is 0 Å². The van der Waals surface area contributed by atoms with Crippen molar-refractivity contribution in [3.05, 3.63) is 0 Å². The molecule has 0 heterocycles. The van der Waals surface area contributed by atoms with E-state index in [1.54, 1.807) is 0 Å². The maximum absolute atomic E-state index is 5.92. The Hall–Kier alpha value is -0.520. The van der Waals surface area contributed by atoms with Gasteiger partial charge in [-0.05, 0) is 25.7 Å². The van der Waals surface area contributed by atoms with Crippen LogP contribution in [-0.2, 0) is 0 Å². The van der Waals surface area contributed by atoms with Gasteiger partial charge < -0.3 is 11.5 Å². The fraction of sp³-hybridized carbons (Fsp3) is 0.818. The first-order valence-electron chi connectivity index (χ1n) is 5.21. The standard InChI is InChI=1S/C11H18N2/c12-9-10(3-1-2-4-10)5-6-11(13)7-8-11/h1-4,7-9,12-13H2. The second-order valence-corrected chi connectivity index (χ2v) is 4.60. The Morgan fingerprint density at radius 1 is 1.00 bits per heavy atom. The van der Waals surface area contributed by atoms with Gasteiger partial charge >= 0.3 is 0 Å². The van der Waals surface area contributed by atoms with Gasteiger partial charge in [0.2, 0.25) is 0 Å². The largest absolute Gasteiger partial charge is 0.329 e. The molecule has 0 radical (unpaired) electrons. The molecule has 72 valence electrons. The molecule has 0 saturated heterocycles. The van der Waals surface area contributed by atoms with Crippen LogP contribution in [0.2, 0.25) is 0 Å². The average molecular weight is 178 g/mol. The topological polar surface area (TPSA) is 52.0 Å². The van der Waals surface area contributed by atoms with E-state index in [9.17, 15) is 0 Å². The fourth-order valence-electron chi connectivity index (χ4n) is 1.95. The Balaban J connectivity index is 2.07. The molecule has 0 aliphatic heterocycles. The van der Waals surface area contributed by atoms with Gasteiger partial charge in [-0.15, -0.1) is 0 Å². The minimum atomic E-state index is -0.134. The van der Waals surface area contributed by atoms with Gasteiger partial charge in [0, 0.05) is 12.0 Å². The zero-order valence-electron chi connectivity index (χ0n) is 8.10. The van der Waals surface area contributed by atoms with Crippen LogP contribution in [0, 0.1) is 17.3 Å². The van der Waals surface area contributed by atoms with Crippen LogP contribution < -0.4 is 11.5 Å². The maximum Gasteiger partial charge on any atom is 0.0778 e. The molecule has 0 unspecified atom stereocenters. The van der Waals surface area contributed by atoms with Crippen LogP contribution in [0.15, 0.2) is 0 Å². The van der Waals surface area contributed by atoms with Crippen molar-refractivity contribution in [3.8, 4) is 11.8 Å². The van der Waals surface area contributed by atoms with Crippen LogP contribution in [0.4, 0.5) is 0 Å². The molecule has 2 aliphatic carbocycles. The van der Waals surface area contributed by atoms with E-state index < -0.39 is 0 Å². The van der Waals surface area contributed by atoms with Crippen molar-refractivity contribution in [2.24, 2.45) is 16.9 Å². The van der Waals surface area contributed by atoms with E-state index in [1.807, 2.05) is 0 Å². The van der Waals surface area contributed by atoms with Crippen molar-refractivity contribution < 1.29 is 0 Å². The summed E-state index contributed by atoms with van der Waals surface area (Å²) in [6, 6.07) is 0.